The predicted octanol–water partition coefficient (Wildman–Crippen LogP) is 3.80. The van der Waals surface area contributed by atoms with Crippen LogP contribution in [0.1, 0.15) is 57.5 Å². The van der Waals surface area contributed by atoms with Crippen molar-refractivity contribution >= 4 is 78.6 Å². The molecule has 280 valence electrons. The van der Waals surface area contributed by atoms with Gasteiger partial charge in [0.1, 0.15) is 11.0 Å². The van der Waals surface area contributed by atoms with Gasteiger partial charge < -0.3 is 5.21 Å². The van der Waals surface area contributed by atoms with E-state index in [1.54, 1.807) is 26.8 Å². The van der Waals surface area contributed by atoms with Gasteiger partial charge in [0.05, 0.1) is 35.2 Å². The van der Waals surface area contributed by atoms with E-state index < -0.39 is 35.8 Å². The summed E-state index contributed by atoms with van der Waals surface area (Å²) in [6.07, 6.45) is 4.21. The third kappa shape index (κ3) is 12.6. The number of nitrogens with one attached hydrogen (secondary N) is 1. The van der Waals surface area contributed by atoms with Crippen molar-refractivity contribution in [2.75, 3.05) is 0 Å². The van der Waals surface area contributed by atoms with E-state index in [1.165, 1.54) is 30.6 Å². The van der Waals surface area contributed by atoms with E-state index in [0.717, 1.165) is 11.0 Å². The molecule has 0 atom stereocenters. The fourth-order valence-corrected chi connectivity index (χ4v) is 5.72. The van der Waals surface area contributed by atoms with Crippen molar-refractivity contribution in [2.45, 2.75) is 72.7 Å². The number of fused-ring (bicyclic) bond motifs is 2. The van der Waals surface area contributed by atoms with Gasteiger partial charge in [-0.15, -0.1) is 8.67 Å². The summed E-state index contributed by atoms with van der Waals surface area (Å²) in [5.74, 6) is 0. The molecule has 0 spiro atoms. The third-order valence-corrected chi connectivity index (χ3v) is 8.38. The van der Waals surface area contributed by atoms with Crippen molar-refractivity contribution in [3.63, 3.8) is 0 Å². The van der Waals surface area contributed by atoms with Gasteiger partial charge in [0, 0.05) is 49.5 Å². The molecule has 0 fully saturated rings. The minimum atomic E-state index is -4.74. The second-order valence-electron chi connectivity index (χ2n) is 11.6. The summed E-state index contributed by atoms with van der Waals surface area (Å²) < 4.78 is 74.0. The second-order valence-corrected chi connectivity index (χ2v) is 15.6. The SMILES string of the molecule is CC(C)(C)/[N+](O)=C/c1c(S(=O)(=O)O)nc(SOOO)c2ncccc12.CC(C)(C)NO.O=Cc1c(S(=O)(=O)O)nc(SOOO)c2ncccc12. The maximum absolute atomic E-state index is 11.8. The van der Waals surface area contributed by atoms with E-state index in [9.17, 15) is 31.4 Å². The summed E-state index contributed by atoms with van der Waals surface area (Å²) in [6, 6.07) is 5.97. The molecule has 0 saturated carbocycles. The van der Waals surface area contributed by atoms with Crippen molar-refractivity contribution in [3.05, 3.63) is 47.8 Å². The Morgan fingerprint density at radius 1 is 0.784 bits per heavy atom. The molecule has 4 aromatic heterocycles. The van der Waals surface area contributed by atoms with Crippen LogP contribution < -0.4 is 5.48 Å². The highest BCUT2D eigenvalue weighted by atomic mass is 32.2. The molecule has 4 heterocycles. The number of hydrogen-bond donors (Lipinski definition) is 7. The molecule has 0 aliphatic carbocycles. The molecule has 0 aliphatic heterocycles. The summed E-state index contributed by atoms with van der Waals surface area (Å²) >= 11 is 0.764. The first kappa shape index (κ1) is 43.6. The number of hydroxylamine groups is 2. The fourth-order valence-electron chi connectivity index (χ4n) is 3.39. The number of hydrogen-bond acceptors (Lipinski definition) is 20. The van der Waals surface area contributed by atoms with Crippen LogP contribution in [0.3, 0.4) is 0 Å². The molecule has 0 radical (unpaired) electrons. The van der Waals surface area contributed by atoms with Crippen LogP contribution in [0, 0.1) is 0 Å². The summed E-state index contributed by atoms with van der Waals surface area (Å²) in [7, 11) is -9.47. The monoisotopic (exact) mass is 797 g/mol. The van der Waals surface area contributed by atoms with E-state index in [1.807, 2.05) is 20.8 Å². The quantitative estimate of drug-likeness (QED) is 0.0175. The molecule has 4 rings (SSSR count). The molecule has 0 bridgehead atoms. The minimum absolute atomic E-state index is 0.0581. The van der Waals surface area contributed by atoms with Crippen LogP contribution in [-0.2, 0) is 39.0 Å². The first-order chi connectivity index (χ1) is 23.6. The zero-order valence-corrected chi connectivity index (χ0v) is 30.6. The lowest BCUT2D eigenvalue weighted by Gasteiger charge is -2.13. The summed E-state index contributed by atoms with van der Waals surface area (Å²) in [5.41, 5.74) is 1.18. The van der Waals surface area contributed by atoms with Gasteiger partial charge in [-0.1, -0.05) is 22.2 Å². The Bertz CT molecular complexity index is 2090. The normalized spacial score (nSPS) is 12.6. The van der Waals surface area contributed by atoms with Crippen LogP contribution in [0.4, 0.5) is 0 Å². The number of rotatable bonds is 10. The van der Waals surface area contributed by atoms with E-state index in [0.29, 0.717) is 24.1 Å². The van der Waals surface area contributed by atoms with Crippen LogP contribution in [0.2, 0.25) is 0 Å². The van der Waals surface area contributed by atoms with Crippen molar-refractivity contribution < 1.29 is 75.1 Å². The lowest BCUT2D eigenvalue weighted by atomic mass is 10.1. The third-order valence-electron chi connectivity index (χ3n) is 5.64. The highest BCUT2D eigenvalue weighted by molar-refractivity contribution is 7.95. The Morgan fingerprint density at radius 2 is 1.18 bits per heavy atom. The number of aromatic nitrogens is 4. The van der Waals surface area contributed by atoms with E-state index in [4.69, 9.17) is 20.3 Å². The van der Waals surface area contributed by atoms with Crippen LogP contribution in [0.5, 0.6) is 0 Å². The highest BCUT2D eigenvalue weighted by Crippen LogP contribution is 2.32. The van der Waals surface area contributed by atoms with Crippen molar-refractivity contribution in [2.24, 2.45) is 0 Å². The van der Waals surface area contributed by atoms with Crippen LogP contribution >= 0.6 is 24.1 Å². The van der Waals surface area contributed by atoms with Crippen molar-refractivity contribution in [1.29, 1.82) is 0 Å². The fraction of sp³-hybridized carbons (Fsp3) is 0.308. The maximum Gasteiger partial charge on any atom is 0.313 e. The van der Waals surface area contributed by atoms with Gasteiger partial charge in [-0.05, 0) is 37.6 Å². The zero-order chi connectivity index (χ0) is 38.8. The average molecular weight is 798 g/mol. The van der Waals surface area contributed by atoms with E-state index in [2.05, 4.69) is 44.2 Å². The zero-order valence-electron chi connectivity index (χ0n) is 27.3. The Hall–Kier alpha value is -3.54. The summed E-state index contributed by atoms with van der Waals surface area (Å²) in [6.45, 7) is 10.7. The Labute approximate surface area is 298 Å². The predicted molar refractivity (Wildman–Crippen MR) is 177 cm³/mol. The summed E-state index contributed by atoms with van der Waals surface area (Å²) in [5, 5.41) is 40.3. The van der Waals surface area contributed by atoms with Crippen molar-refractivity contribution in [3.8, 4) is 0 Å². The van der Waals surface area contributed by atoms with Gasteiger partial charge in [-0.2, -0.15) is 16.8 Å². The smallest absolute Gasteiger partial charge is 0.313 e. The largest absolute Gasteiger partial charge is 0.316 e. The Kier molecular flexibility index (Phi) is 15.6. The molecule has 25 heteroatoms. The molecule has 21 nitrogen and oxygen atoms in total. The highest BCUT2D eigenvalue weighted by Gasteiger charge is 2.30. The molecular weight excluding hydrogens is 765 g/mol. The molecule has 0 unspecified atom stereocenters. The number of aldehydes is 1. The molecule has 0 saturated heterocycles. The minimum Gasteiger partial charge on any atom is -0.316 e. The van der Waals surface area contributed by atoms with Gasteiger partial charge >= 0.3 is 20.2 Å². The molecule has 4 aromatic rings. The number of carbonyl (C=O) groups excluding carboxylic acids is 1. The Balaban J connectivity index is 0.000000310. The average Bonchev–Trinajstić information content (AvgIpc) is 3.05. The van der Waals surface area contributed by atoms with Gasteiger partial charge in [0.15, 0.2) is 26.4 Å². The first-order valence-corrected chi connectivity index (χ1v) is 18.0. The topological polar surface area (TPSA) is 310 Å². The first-order valence-electron chi connectivity index (χ1n) is 13.6. The second kappa shape index (κ2) is 18.3. The van der Waals surface area contributed by atoms with Gasteiger partial charge in [-0.25, -0.2) is 26.0 Å². The number of nitrogens with zero attached hydrogens (tertiary/aromatic N) is 5. The van der Waals surface area contributed by atoms with Gasteiger partial charge in [0.25, 0.3) is 0 Å². The van der Waals surface area contributed by atoms with E-state index in [-0.39, 0.29) is 54.8 Å². The molecule has 0 aromatic carbocycles. The van der Waals surface area contributed by atoms with Gasteiger partial charge in [0.2, 0.25) is 11.8 Å². The lowest BCUT2D eigenvalue weighted by molar-refractivity contribution is -0.816. The molecule has 7 N–H and O–H groups in total. The number of pyridine rings is 4. The van der Waals surface area contributed by atoms with E-state index >= 15 is 0 Å². The van der Waals surface area contributed by atoms with Crippen molar-refractivity contribution in [1.82, 2.24) is 25.4 Å². The lowest BCUT2D eigenvalue weighted by Crippen LogP contribution is -2.32. The van der Waals surface area contributed by atoms with Crippen LogP contribution in [-0.4, -0.2) is 95.1 Å². The van der Waals surface area contributed by atoms with Gasteiger partial charge in [-0.3, -0.25) is 29.1 Å². The Morgan fingerprint density at radius 3 is 1.51 bits per heavy atom. The standard InChI is InChI=1S/C13H15N3O7S2.C9H6N2O7S2.C4H11NO/c1-13(2,3)16(17)7-9-8-5-4-6-14-10(8)11(24-23-22-18)15-12(9)25(19,20)21;12-4-6-5-2-1-3-10-7(5)8(19-18-17-13)11-9(6)20(14,15)16;1-4(2,3)5-6/h4-7H,1-3H3,(H2-,17,18,19,20,21);1-4,13H,(H,14,15,16);5-6H,1-3H3/p+1. The molecular formula is C26H33N6O15S4+. The molecule has 51 heavy (non-hydrogen) atoms. The maximum atomic E-state index is 11.8. The van der Waals surface area contributed by atoms with Crippen LogP contribution in [0.25, 0.3) is 21.8 Å². The molecule has 0 amide bonds. The van der Waals surface area contributed by atoms with Crippen LogP contribution in [0.15, 0.2) is 56.8 Å². The number of carbonyl (C=O) groups is 1. The molecule has 0 aliphatic rings. The summed E-state index contributed by atoms with van der Waals surface area (Å²) in [4.78, 5) is 26.5.